The molecule has 0 fully saturated rings. The average molecular weight is 257 g/mol. The zero-order valence-corrected chi connectivity index (χ0v) is 11.2. The van der Waals surface area contributed by atoms with E-state index in [0.29, 0.717) is 13.0 Å². The number of amides is 1. The summed E-state index contributed by atoms with van der Waals surface area (Å²) in [6.07, 6.45) is 5.84. The molecule has 0 bridgehead atoms. The Labute approximate surface area is 113 Å². The molecule has 1 heterocycles. The smallest absolute Gasteiger partial charge is 0.220 e. The molecule has 1 aromatic heterocycles. The Morgan fingerprint density at radius 2 is 2.05 bits per heavy atom. The third-order valence-corrected chi connectivity index (χ3v) is 2.95. The average Bonchev–Trinajstić information content (AvgIpc) is 2.83. The van der Waals surface area contributed by atoms with E-state index in [9.17, 15) is 4.79 Å². The van der Waals surface area contributed by atoms with Crippen LogP contribution in [0.5, 0.6) is 0 Å². The zero-order valence-electron chi connectivity index (χ0n) is 11.2. The fourth-order valence-corrected chi connectivity index (χ4v) is 1.92. The Kier molecular flexibility index (Phi) is 4.72. The fraction of sp³-hybridized carbons (Fsp3) is 0.333. The number of carbonyl (C=O) groups excluding carboxylic acids is 1. The molecule has 0 aliphatic carbocycles. The van der Waals surface area contributed by atoms with Crippen molar-refractivity contribution in [3.05, 3.63) is 54.1 Å². The number of imidazole rings is 1. The van der Waals surface area contributed by atoms with E-state index in [1.807, 2.05) is 48.1 Å². The van der Waals surface area contributed by atoms with Crippen LogP contribution in [0, 0.1) is 0 Å². The van der Waals surface area contributed by atoms with Crippen LogP contribution in [0.3, 0.4) is 0 Å². The van der Waals surface area contributed by atoms with Crippen molar-refractivity contribution in [2.24, 2.45) is 7.05 Å². The molecule has 100 valence electrons. The molecule has 2 aromatic rings. The summed E-state index contributed by atoms with van der Waals surface area (Å²) in [7, 11) is 1.94. The lowest BCUT2D eigenvalue weighted by molar-refractivity contribution is -0.121. The van der Waals surface area contributed by atoms with E-state index in [0.717, 1.165) is 18.5 Å². The maximum atomic E-state index is 11.7. The summed E-state index contributed by atoms with van der Waals surface area (Å²) in [6.45, 7) is 0.643. The van der Waals surface area contributed by atoms with Crippen LogP contribution in [0.2, 0.25) is 0 Å². The Morgan fingerprint density at radius 3 is 2.74 bits per heavy atom. The predicted molar refractivity (Wildman–Crippen MR) is 74.7 cm³/mol. The molecule has 0 atom stereocenters. The molecule has 1 aromatic carbocycles. The number of aryl methyl sites for hydroxylation is 2. The molecule has 0 unspecified atom stereocenters. The predicted octanol–water partition coefficient (Wildman–Crippen LogP) is 1.71. The van der Waals surface area contributed by atoms with Gasteiger partial charge in [-0.1, -0.05) is 30.3 Å². The minimum Gasteiger partial charge on any atom is -0.356 e. The molecular weight excluding hydrogens is 238 g/mol. The van der Waals surface area contributed by atoms with Crippen LogP contribution in [0.15, 0.2) is 42.9 Å². The first-order valence-corrected chi connectivity index (χ1v) is 6.51. The second kappa shape index (κ2) is 6.73. The highest BCUT2D eigenvalue weighted by Crippen LogP contribution is 2.02. The monoisotopic (exact) mass is 257 g/mol. The normalized spacial score (nSPS) is 10.4. The van der Waals surface area contributed by atoms with Crippen LogP contribution >= 0.6 is 0 Å². The van der Waals surface area contributed by atoms with Crippen LogP contribution in [-0.4, -0.2) is 22.0 Å². The summed E-state index contributed by atoms with van der Waals surface area (Å²) in [5.74, 6) is 0.0970. The lowest BCUT2D eigenvalue weighted by Crippen LogP contribution is -2.25. The number of nitrogens with zero attached hydrogens (tertiary/aromatic N) is 2. The summed E-state index contributed by atoms with van der Waals surface area (Å²) < 4.78 is 1.91. The van der Waals surface area contributed by atoms with Gasteiger partial charge < -0.3 is 9.88 Å². The van der Waals surface area contributed by atoms with E-state index >= 15 is 0 Å². The Bertz CT molecular complexity index is 519. The maximum Gasteiger partial charge on any atom is 0.220 e. The van der Waals surface area contributed by atoms with E-state index < -0.39 is 0 Å². The molecule has 1 amide bonds. The van der Waals surface area contributed by atoms with Crippen molar-refractivity contribution in [2.75, 3.05) is 6.54 Å². The molecule has 1 N–H and O–H groups in total. The van der Waals surface area contributed by atoms with Gasteiger partial charge in [0.15, 0.2) is 0 Å². The van der Waals surface area contributed by atoms with Crippen LogP contribution in [0.25, 0.3) is 0 Å². The Morgan fingerprint density at radius 1 is 1.26 bits per heavy atom. The van der Waals surface area contributed by atoms with Gasteiger partial charge in [0.2, 0.25) is 5.91 Å². The first kappa shape index (κ1) is 13.3. The van der Waals surface area contributed by atoms with Gasteiger partial charge >= 0.3 is 0 Å². The van der Waals surface area contributed by atoms with Crippen molar-refractivity contribution in [1.29, 1.82) is 0 Å². The number of carbonyl (C=O) groups is 1. The quantitative estimate of drug-likeness (QED) is 0.856. The summed E-state index contributed by atoms with van der Waals surface area (Å²) in [5.41, 5.74) is 2.20. The third-order valence-electron chi connectivity index (χ3n) is 2.95. The van der Waals surface area contributed by atoms with E-state index in [-0.39, 0.29) is 5.91 Å². The number of hydrogen-bond acceptors (Lipinski definition) is 2. The second-order valence-corrected chi connectivity index (χ2v) is 4.62. The molecular formula is C15H19N3O. The van der Waals surface area contributed by atoms with Gasteiger partial charge in [-0.3, -0.25) is 4.79 Å². The zero-order chi connectivity index (χ0) is 13.5. The minimum absolute atomic E-state index is 0.0970. The van der Waals surface area contributed by atoms with Gasteiger partial charge in [-0.15, -0.1) is 0 Å². The van der Waals surface area contributed by atoms with Crippen LogP contribution < -0.4 is 5.32 Å². The van der Waals surface area contributed by atoms with E-state index in [2.05, 4.69) is 10.3 Å². The Balaban J connectivity index is 1.65. The van der Waals surface area contributed by atoms with E-state index in [1.165, 1.54) is 5.56 Å². The molecule has 4 nitrogen and oxygen atoms in total. The van der Waals surface area contributed by atoms with Crippen molar-refractivity contribution in [3.8, 4) is 0 Å². The van der Waals surface area contributed by atoms with Gasteiger partial charge in [0, 0.05) is 32.6 Å². The van der Waals surface area contributed by atoms with Crippen LogP contribution in [0.4, 0.5) is 0 Å². The van der Waals surface area contributed by atoms with E-state index in [4.69, 9.17) is 0 Å². The molecule has 0 aliphatic rings. The molecule has 0 saturated carbocycles. The second-order valence-electron chi connectivity index (χ2n) is 4.62. The number of nitrogens with one attached hydrogen (secondary N) is 1. The van der Waals surface area contributed by atoms with E-state index in [1.54, 1.807) is 6.33 Å². The molecule has 0 spiro atoms. The van der Waals surface area contributed by atoms with Gasteiger partial charge in [-0.25, -0.2) is 4.98 Å². The molecule has 0 aliphatic heterocycles. The van der Waals surface area contributed by atoms with Crippen molar-refractivity contribution in [2.45, 2.75) is 19.3 Å². The van der Waals surface area contributed by atoms with Crippen molar-refractivity contribution >= 4 is 5.91 Å². The summed E-state index contributed by atoms with van der Waals surface area (Å²) >= 11 is 0. The first-order valence-electron chi connectivity index (χ1n) is 6.51. The van der Waals surface area contributed by atoms with Crippen molar-refractivity contribution < 1.29 is 4.79 Å². The summed E-state index contributed by atoms with van der Waals surface area (Å²) in [5, 5.41) is 2.92. The number of hydrogen-bond donors (Lipinski definition) is 1. The number of rotatable bonds is 6. The van der Waals surface area contributed by atoms with Gasteiger partial charge in [0.25, 0.3) is 0 Å². The van der Waals surface area contributed by atoms with Crippen LogP contribution in [-0.2, 0) is 24.7 Å². The van der Waals surface area contributed by atoms with Gasteiger partial charge in [0.05, 0.1) is 12.0 Å². The highest BCUT2D eigenvalue weighted by atomic mass is 16.1. The molecule has 0 radical (unpaired) electrons. The number of aromatic nitrogens is 2. The molecule has 2 rings (SSSR count). The largest absolute Gasteiger partial charge is 0.356 e. The molecule has 4 heteroatoms. The SMILES string of the molecule is Cn1cnc(CCNC(=O)CCc2ccccc2)c1. The maximum absolute atomic E-state index is 11.7. The highest BCUT2D eigenvalue weighted by molar-refractivity contribution is 5.76. The van der Waals surface area contributed by atoms with Gasteiger partial charge in [-0.05, 0) is 12.0 Å². The number of benzene rings is 1. The minimum atomic E-state index is 0.0970. The fourth-order valence-electron chi connectivity index (χ4n) is 1.92. The van der Waals surface area contributed by atoms with Crippen LogP contribution in [0.1, 0.15) is 17.7 Å². The lowest BCUT2D eigenvalue weighted by Gasteiger charge is -2.04. The third kappa shape index (κ3) is 4.58. The van der Waals surface area contributed by atoms with Crippen molar-refractivity contribution in [3.63, 3.8) is 0 Å². The topological polar surface area (TPSA) is 46.9 Å². The van der Waals surface area contributed by atoms with Gasteiger partial charge in [0.1, 0.15) is 0 Å². The summed E-state index contributed by atoms with van der Waals surface area (Å²) in [4.78, 5) is 15.9. The summed E-state index contributed by atoms with van der Waals surface area (Å²) in [6, 6.07) is 10.1. The van der Waals surface area contributed by atoms with Crippen molar-refractivity contribution in [1.82, 2.24) is 14.9 Å². The molecule has 19 heavy (non-hydrogen) atoms. The Hall–Kier alpha value is -2.10. The first-order chi connectivity index (χ1) is 9.24. The highest BCUT2D eigenvalue weighted by Gasteiger charge is 2.02. The lowest BCUT2D eigenvalue weighted by atomic mass is 10.1. The standard InChI is InChI=1S/C15H19N3O/c1-18-11-14(17-12-18)9-10-16-15(19)8-7-13-5-3-2-4-6-13/h2-6,11-12H,7-10H2,1H3,(H,16,19). The molecule has 0 saturated heterocycles. The van der Waals surface area contributed by atoms with Gasteiger partial charge in [-0.2, -0.15) is 0 Å².